The topological polar surface area (TPSA) is 122 Å². The maximum Gasteiger partial charge on any atom is 0.328 e. The molecule has 1 atom stereocenters. The Balaban J connectivity index is 2.76. The second kappa shape index (κ2) is 8.62. The van der Waals surface area contributed by atoms with Crippen LogP contribution in [0.5, 0.6) is 11.5 Å². The second-order valence-electron chi connectivity index (χ2n) is 4.69. The number of phenolic OH excluding ortho intramolecular Hbond substituents is 2. The highest BCUT2D eigenvalue weighted by Crippen LogP contribution is 2.28. The van der Waals surface area contributed by atoms with Crippen molar-refractivity contribution < 1.29 is 34.1 Å². The van der Waals surface area contributed by atoms with Gasteiger partial charge in [-0.15, -0.1) is 0 Å². The molecule has 0 bridgehead atoms. The summed E-state index contributed by atoms with van der Waals surface area (Å²) in [4.78, 5) is 34.9. The Morgan fingerprint density at radius 2 is 1.87 bits per heavy atom. The fraction of sp³-hybridized carbons (Fsp3) is 0.400. The number of rotatable bonds is 7. The number of aromatic hydroxyl groups is 2. The SMILES string of the molecule is COC(=O)CCC[C@@H](NC(=O)c1cccc(O)c1O)C(=O)OC. The summed E-state index contributed by atoms with van der Waals surface area (Å²) in [5, 5.41) is 21.5. The predicted molar refractivity (Wildman–Crippen MR) is 78.9 cm³/mol. The van der Waals surface area contributed by atoms with Gasteiger partial charge in [-0.2, -0.15) is 0 Å². The third kappa shape index (κ3) is 5.17. The van der Waals surface area contributed by atoms with E-state index < -0.39 is 35.4 Å². The number of hydrogen-bond donors (Lipinski definition) is 3. The van der Waals surface area contributed by atoms with E-state index in [9.17, 15) is 24.6 Å². The number of carbonyl (C=O) groups excluding carboxylic acids is 3. The molecule has 8 nitrogen and oxygen atoms in total. The first-order valence-corrected chi connectivity index (χ1v) is 6.87. The van der Waals surface area contributed by atoms with Crippen LogP contribution < -0.4 is 5.32 Å². The molecule has 1 rings (SSSR count). The average molecular weight is 325 g/mol. The van der Waals surface area contributed by atoms with Gasteiger partial charge in [-0.1, -0.05) is 6.07 Å². The lowest BCUT2D eigenvalue weighted by molar-refractivity contribution is -0.144. The van der Waals surface area contributed by atoms with Crippen molar-refractivity contribution in [3.8, 4) is 11.5 Å². The lowest BCUT2D eigenvalue weighted by Crippen LogP contribution is -2.41. The fourth-order valence-corrected chi connectivity index (χ4v) is 1.89. The van der Waals surface area contributed by atoms with Crippen LogP contribution in [-0.2, 0) is 19.1 Å². The van der Waals surface area contributed by atoms with Crippen LogP contribution >= 0.6 is 0 Å². The summed E-state index contributed by atoms with van der Waals surface area (Å²) >= 11 is 0. The van der Waals surface area contributed by atoms with E-state index in [1.54, 1.807) is 0 Å². The van der Waals surface area contributed by atoms with Gasteiger partial charge in [0.1, 0.15) is 6.04 Å². The molecule has 0 radical (unpaired) electrons. The largest absolute Gasteiger partial charge is 0.504 e. The van der Waals surface area contributed by atoms with Crippen molar-refractivity contribution in [2.45, 2.75) is 25.3 Å². The van der Waals surface area contributed by atoms with Crippen molar-refractivity contribution in [3.05, 3.63) is 23.8 Å². The molecule has 1 aromatic rings. The van der Waals surface area contributed by atoms with E-state index in [1.165, 1.54) is 32.4 Å². The standard InChI is InChI=1S/C15H19NO7/c1-22-12(18)8-4-6-10(15(21)23-2)16-14(20)9-5-3-7-11(17)13(9)19/h3,5,7,10,17,19H,4,6,8H2,1-2H3,(H,16,20)/t10-/m1/s1. The predicted octanol–water partition coefficient (Wildman–Crippen LogP) is 0.712. The zero-order valence-electron chi connectivity index (χ0n) is 12.9. The molecule has 0 heterocycles. The Kier molecular flexibility index (Phi) is 6.85. The van der Waals surface area contributed by atoms with Gasteiger partial charge in [-0.3, -0.25) is 9.59 Å². The van der Waals surface area contributed by atoms with Gasteiger partial charge in [0.05, 0.1) is 19.8 Å². The lowest BCUT2D eigenvalue weighted by Gasteiger charge is -2.16. The molecule has 23 heavy (non-hydrogen) atoms. The van der Waals surface area contributed by atoms with Gasteiger partial charge in [-0.25, -0.2) is 4.79 Å². The molecule has 1 amide bonds. The van der Waals surface area contributed by atoms with Crippen molar-refractivity contribution in [1.29, 1.82) is 0 Å². The maximum atomic E-state index is 12.1. The first-order valence-electron chi connectivity index (χ1n) is 6.87. The first kappa shape index (κ1) is 18.3. The minimum absolute atomic E-state index is 0.0945. The molecule has 1 aromatic carbocycles. The molecule has 0 spiro atoms. The van der Waals surface area contributed by atoms with E-state index in [4.69, 9.17) is 0 Å². The zero-order valence-corrected chi connectivity index (χ0v) is 12.9. The molecule has 0 aliphatic rings. The van der Waals surface area contributed by atoms with Crippen LogP contribution in [0, 0.1) is 0 Å². The number of nitrogens with one attached hydrogen (secondary N) is 1. The molecule has 0 saturated heterocycles. The second-order valence-corrected chi connectivity index (χ2v) is 4.69. The van der Waals surface area contributed by atoms with Crippen LogP contribution in [0.15, 0.2) is 18.2 Å². The van der Waals surface area contributed by atoms with Crippen molar-refractivity contribution in [1.82, 2.24) is 5.32 Å². The van der Waals surface area contributed by atoms with Gasteiger partial charge >= 0.3 is 11.9 Å². The summed E-state index contributed by atoms with van der Waals surface area (Å²) in [6.07, 6.45) is 0.559. The van der Waals surface area contributed by atoms with Gasteiger partial charge in [0.15, 0.2) is 11.5 Å². The van der Waals surface area contributed by atoms with E-state index >= 15 is 0 Å². The number of hydrogen-bond acceptors (Lipinski definition) is 7. The van der Waals surface area contributed by atoms with E-state index in [0.717, 1.165) is 0 Å². The number of methoxy groups -OCH3 is 2. The molecule has 0 saturated carbocycles. The smallest absolute Gasteiger partial charge is 0.328 e. The minimum Gasteiger partial charge on any atom is -0.504 e. The first-order chi connectivity index (χ1) is 10.9. The van der Waals surface area contributed by atoms with Crippen molar-refractivity contribution in [2.24, 2.45) is 0 Å². The summed E-state index contributed by atoms with van der Waals surface area (Å²) < 4.78 is 9.10. The highest BCUT2D eigenvalue weighted by molar-refractivity contribution is 5.99. The molecule has 0 fully saturated rings. The molecule has 0 aliphatic carbocycles. The average Bonchev–Trinajstić information content (AvgIpc) is 2.55. The van der Waals surface area contributed by atoms with Crippen molar-refractivity contribution in [2.75, 3.05) is 14.2 Å². The van der Waals surface area contributed by atoms with Gasteiger partial charge in [0.2, 0.25) is 0 Å². The molecular weight excluding hydrogens is 306 g/mol. The van der Waals surface area contributed by atoms with Crippen LogP contribution in [0.4, 0.5) is 0 Å². The Morgan fingerprint density at radius 3 is 2.48 bits per heavy atom. The number of para-hydroxylation sites is 1. The third-order valence-electron chi connectivity index (χ3n) is 3.15. The summed E-state index contributed by atoms with van der Waals surface area (Å²) in [6, 6.07) is 2.92. The highest BCUT2D eigenvalue weighted by atomic mass is 16.5. The molecule has 8 heteroatoms. The maximum absolute atomic E-state index is 12.1. The number of benzene rings is 1. The Hall–Kier alpha value is -2.77. The lowest BCUT2D eigenvalue weighted by atomic mass is 10.1. The van der Waals surface area contributed by atoms with Gasteiger partial charge < -0.3 is 25.0 Å². The molecule has 3 N–H and O–H groups in total. The molecule has 0 aromatic heterocycles. The molecule has 126 valence electrons. The van der Waals surface area contributed by atoms with E-state index in [1.807, 2.05) is 0 Å². The van der Waals surface area contributed by atoms with Crippen molar-refractivity contribution in [3.63, 3.8) is 0 Å². The van der Waals surface area contributed by atoms with Gasteiger partial charge in [0, 0.05) is 6.42 Å². The van der Waals surface area contributed by atoms with Crippen LogP contribution in [0.2, 0.25) is 0 Å². The Labute approximate surface area is 133 Å². The number of phenols is 2. The molecule has 0 unspecified atom stereocenters. The highest BCUT2D eigenvalue weighted by Gasteiger charge is 2.24. The number of ether oxygens (including phenoxy) is 2. The van der Waals surface area contributed by atoms with E-state index in [-0.39, 0.29) is 18.4 Å². The zero-order chi connectivity index (χ0) is 17.4. The van der Waals surface area contributed by atoms with E-state index in [0.29, 0.717) is 6.42 Å². The van der Waals surface area contributed by atoms with Crippen molar-refractivity contribution >= 4 is 17.8 Å². The summed E-state index contributed by atoms with van der Waals surface area (Å²) in [6.45, 7) is 0. The van der Waals surface area contributed by atoms with E-state index in [2.05, 4.69) is 14.8 Å². The van der Waals surface area contributed by atoms with Crippen LogP contribution in [0.25, 0.3) is 0 Å². The summed E-state index contributed by atoms with van der Waals surface area (Å²) in [5.41, 5.74) is -0.174. The summed E-state index contributed by atoms with van der Waals surface area (Å²) in [7, 11) is 2.43. The monoisotopic (exact) mass is 325 g/mol. The fourth-order valence-electron chi connectivity index (χ4n) is 1.89. The van der Waals surface area contributed by atoms with Crippen LogP contribution in [0.3, 0.4) is 0 Å². The summed E-state index contributed by atoms with van der Waals surface area (Å²) in [5.74, 6) is -2.87. The molecular formula is C15H19NO7. The minimum atomic E-state index is -0.987. The normalized spacial score (nSPS) is 11.4. The van der Waals surface area contributed by atoms with Crippen LogP contribution in [0.1, 0.15) is 29.6 Å². The van der Waals surface area contributed by atoms with Gasteiger partial charge in [-0.05, 0) is 25.0 Å². The Morgan fingerprint density at radius 1 is 1.17 bits per heavy atom. The third-order valence-corrected chi connectivity index (χ3v) is 3.15. The molecule has 0 aliphatic heterocycles. The number of esters is 2. The van der Waals surface area contributed by atoms with Gasteiger partial charge in [0.25, 0.3) is 5.91 Å². The quantitative estimate of drug-likeness (QED) is 0.498. The number of carbonyl (C=O) groups is 3. The number of amides is 1. The van der Waals surface area contributed by atoms with Crippen LogP contribution in [-0.4, -0.2) is 48.3 Å². The Bertz CT molecular complexity index is 585.